The van der Waals surface area contributed by atoms with Gasteiger partial charge in [-0.3, -0.25) is 14.9 Å². The first-order valence-electron chi connectivity index (χ1n) is 6.92. The number of ether oxygens (including phenoxy) is 1. The molecule has 0 bridgehead atoms. The van der Waals surface area contributed by atoms with Crippen LogP contribution in [0.4, 0.5) is 5.69 Å². The van der Waals surface area contributed by atoms with Crippen molar-refractivity contribution in [2.24, 2.45) is 5.92 Å². The van der Waals surface area contributed by atoms with Gasteiger partial charge in [-0.05, 0) is 30.2 Å². The molecular weight excluding hydrogens is 270 g/mol. The number of nitrogens with one attached hydrogen (secondary N) is 3. The quantitative estimate of drug-likeness (QED) is 0.668. The van der Waals surface area contributed by atoms with Crippen LogP contribution in [0.3, 0.4) is 0 Å². The van der Waals surface area contributed by atoms with Crippen LogP contribution in [0.15, 0.2) is 24.3 Å². The van der Waals surface area contributed by atoms with Crippen LogP contribution in [0.25, 0.3) is 0 Å². The van der Waals surface area contributed by atoms with E-state index < -0.39 is 0 Å². The van der Waals surface area contributed by atoms with E-state index in [4.69, 9.17) is 4.74 Å². The Morgan fingerprint density at radius 2 is 1.71 bits per heavy atom. The van der Waals surface area contributed by atoms with Gasteiger partial charge in [0.15, 0.2) is 0 Å². The lowest BCUT2D eigenvalue weighted by Gasteiger charge is -2.09. The van der Waals surface area contributed by atoms with E-state index in [9.17, 15) is 9.59 Å². The molecule has 6 heteroatoms. The number of rotatable bonds is 8. The number of amides is 2. The van der Waals surface area contributed by atoms with Crippen LogP contribution in [-0.2, 0) is 9.59 Å². The molecular formula is C15H23N3O3. The Morgan fingerprint density at radius 3 is 2.29 bits per heavy atom. The summed E-state index contributed by atoms with van der Waals surface area (Å²) < 4.78 is 5.04. The zero-order valence-electron chi connectivity index (χ0n) is 12.7. The number of anilines is 1. The molecule has 0 aliphatic heterocycles. The lowest BCUT2D eigenvalue weighted by molar-refractivity contribution is -0.120. The Balaban J connectivity index is 2.23. The van der Waals surface area contributed by atoms with Crippen molar-refractivity contribution >= 4 is 17.5 Å². The van der Waals surface area contributed by atoms with Crippen LogP contribution in [-0.4, -0.2) is 38.6 Å². The van der Waals surface area contributed by atoms with Gasteiger partial charge in [0.25, 0.3) is 0 Å². The Kier molecular flexibility index (Phi) is 7.25. The predicted molar refractivity (Wildman–Crippen MR) is 82.3 cm³/mol. The van der Waals surface area contributed by atoms with Crippen LogP contribution in [0, 0.1) is 5.92 Å². The minimum atomic E-state index is -0.197. The summed E-state index contributed by atoms with van der Waals surface area (Å²) in [7, 11) is 1.59. The summed E-state index contributed by atoms with van der Waals surface area (Å²) in [4.78, 5) is 23.1. The van der Waals surface area contributed by atoms with Gasteiger partial charge in [0, 0.05) is 12.2 Å². The summed E-state index contributed by atoms with van der Waals surface area (Å²) in [6, 6.07) is 7.04. The first-order valence-corrected chi connectivity index (χ1v) is 6.92. The highest BCUT2D eigenvalue weighted by atomic mass is 16.5. The molecule has 0 spiro atoms. The van der Waals surface area contributed by atoms with Crippen LogP contribution >= 0.6 is 0 Å². The van der Waals surface area contributed by atoms with Crippen molar-refractivity contribution in [1.82, 2.24) is 10.6 Å². The molecule has 0 aliphatic carbocycles. The molecule has 0 aliphatic rings. The molecule has 0 fully saturated rings. The highest BCUT2D eigenvalue weighted by Gasteiger charge is 2.05. The van der Waals surface area contributed by atoms with E-state index in [-0.39, 0.29) is 24.9 Å². The maximum atomic E-state index is 11.7. The zero-order valence-corrected chi connectivity index (χ0v) is 12.7. The fourth-order valence-corrected chi connectivity index (χ4v) is 1.55. The molecule has 0 saturated carbocycles. The maximum absolute atomic E-state index is 11.7. The number of carbonyl (C=O) groups excluding carboxylic acids is 2. The molecule has 6 nitrogen and oxygen atoms in total. The second-order valence-corrected chi connectivity index (χ2v) is 5.08. The number of methoxy groups -OCH3 is 1. The van der Waals surface area contributed by atoms with Crippen LogP contribution < -0.4 is 20.7 Å². The van der Waals surface area contributed by atoms with E-state index in [0.29, 0.717) is 18.2 Å². The van der Waals surface area contributed by atoms with E-state index >= 15 is 0 Å². The summed E-state index contributed by atoms with van der Waals surface area (Å²) in [5, 5.41) is 8.30. The zero-order chi connectivity index (χ0) is 15.7. The van der Waals surface area contributed by atoms with Crippen LogP contribution in [0.1, 0.15) is 13.8 Å². The van der Waals surface area contributed by atoms with Gasteiger partial charge in [0.05, 0.1) is 20.2 Å². The minimum absolute atomic E-state index is 0.0845. The second kappa shape index (κ2) is 8.97. The van der Waals surface area contributed by atoms with Gasteiger partial charge >= 0.3 is 0 Å². The second-order valence-electron chi connectivity index (χ2n) is 5.08. The van der Waals surface area contributed by atoms with E-state index in [1.54, 1.807) is 31.4 Å². The lowest BCUT2D eigenvalue weighted by atomic mass is 10.2. The summed E-state index contributed by atoms with van der Waals surface area (Å²) in [5.74, 6) is 0.832. The topological polar surface area (TPSA) is 79.5 Å². The van der Waals surface area contributed by atoms with Gasteiger partial charge in [-0.2, -0.15) is 0 Å². The third-order valence-corrected chi connectivity index (χ3v) is 2.65. The van der Waals surface area contributed by atoms with Gasteiger partial charge in [0.2, 0.25) is 11.8 Å². The van der Waals surface area contributed by atoms with Crippen molar-refractivity contribution in [2.75, 3.05) is 32.1 Å². The SMILES string of the molecule is COc1ccc(NC(=O)CNCC(=O)NCC(C)C)cc1. The molecule has 1 rings (SSSR count). The van der Waals surface area contributed by atoms with Gasteiger partial charge in [0.1, 0.15) is 5.75 Å². The summed E-state index contributed by atoms with van der Waals surface area (Å²) in [6.07, 6.45) is 0. The fourth-order valence-electron chi connectivity index (χ4n) is 1.55. The molecule has 0 radical (unpaired) electrons. The Morgan fingerprint density at radius 1 is 1.10 bits per heavy atom. The van der Waals surface area contributed by atoms with Gasteiger partial charge in [-0.15, -0.1) is 0 Å². The molecule has 116 valence electrons. The van der Waals surface area contributed by atoms with Crippen molar-refractivity contribution in [2.45, 2.75) is 13.8 Å². The van der Waals surface area contributed by atoms with E-state index in [1.807, 2.05) is 13.8 Å². The number of hydrogen-bond acceptors (Lipinski definition) is 4. The molecule has 1 aromatic carbocycles. The van der Waals surface area contributed by atoms with Crippen molar-refractivity contribution in [1.29, 1.82) is 0 Å². The third-order valence-electron chi connectivity index (χ3n) is 2.65. The normalized spacial score (nSPS) is 10.3. The molecule has 3 N–H and O–H groups in total. The van der Waals surface area contributed by atoms with E-state index in [0.717, 1.165) is 5.75 Å². The molecule has 0 unspecified atom stereocenters. The standard InChI is InChI=1S/C15H23N3O3/c1-11(2)8-17-14(19)9-16-10-15(20)18-12-4-6-13(21-3)7-5-12/h4-7,11,16H,8-10H2,1-3H3,(H,17,19)(H,18,20). The average Bonchev–Trinajstić information content (AvgIpc) is 2.46. The largest absolute Gasteiger partial charge is 0.497 e. The fraction of sp³-hybridized carbons (Fsp3) is 0.467. The number of benzene rings is 1. The summed E-state index contributed by atoms with van der Waals surface area (Å²) in [5.41, 5.74) is 0.687. The smallest absolute Gasteiger partial charge is 0.238 e. The van der Waals surface area contributed by atoms with Crippen molar-refractivity contribution in [3.63, 3.8) is 0 Å². The van der Waals surface area contributed by atoms with Crippen molar-refractivity contribution in [3.05, 3.63) is 24.3 Å². The molecule has 0 saturated heterocycles. The van der Waals surface area contributed by atoms with Gasteiger partial charge < -0.3 is 15.4 Å². The monoisotopic (exact) mass is 293 g/mol. The highest BCUT2D eigenvalue weighted by molar-refractivity contribution is 5.92. The van der Waals surface area contributed by atoms with E-state index in [1.165, 1.54) is 0 Å². The van der Waals surface area contributed by atoms with Crippen LogP contribution in [0.2, 0.25) is 0 Å². The Labute approximate surface area is 125 Å². The number of hydrogen-bond donors (Lipinski definition) is 3. The molecule has 21 heavy (non-hydrogen) atoms. The van der Waals surface area contributed by atoms with Crippen molar-refractivity contribution in [3.8, 4) is 5.75 Å². The van der Waals surface area contributed by atoms with Crippen LogP contribution in [0.5, 0.6) is 5.75 Å². The van der Waals surface area contributed by atoms with E-state index in [2.05, 4.69) is 16.0 Å². The third kappa shape index (κ3) is 7.31. The molecule has 0 heterocycles. The lowest BCUT2D eigenvalue weighted by Crippen LogP contribution is -2.38. The first-order chi connectivity index (χ1) is 10.0. The number of carbonyl (C=O) groups is 2. The Hall–Kier alpha value is -2.08. The maximum Gasteiger partial charge on any atom is 0.238 e. The first kappa shape index (κ1) is 17.0. The average molecular weight is 293 g/mol. The molecule has 0 atom stereocenters. The minimum Gasteiger partial charge on any atom is -0.497 e. The Bertz CT molecular complexity index is 458. The van der Waals surface area contributed by atoms with Gasteiger partial charge in [-0.1, -0.05) is 13.8 Å². The predicted octanol–water partition coefficient (Wildman–Crippen LogP) is 0.995. The molecule has 0 aromatic heterocycles. The molecule has 2 amide bonds. The summed E-state index contributed by atoms with van der Waals surface area (Å²) >= 11 is 0. The van der Waals surface area contributed by atoms with Gasteiger partial charge in [-0.25, -0.2) is 0 Å². The van der Waals surface area contributed by atoms with Crippen molar-refractivity contribution < 1.29 is 14.3 Å². The highest BCUT2D eigenvalue weighted by Crippen LogP contribution is 2.14. The summed E-state index contributed by atoms with van der Waals surface area (Å²) in [6.45, 7) is 4.90. The molecule has 1 aromatic rings.